The third kappa shape index (κ3) is 3.78. The zero-order chi connectivity index (χ0) is 18.6. The average molecular weight is 346 g/mol. The molecule has 2 aromatic heterocycles. The van der Waals surface area contributed by atoms with E-state index in [2.05, 4.69) is 9.97 Å². The number of ketones is 1. The molecule has 0 aliphatic heterocycles. The van der Waals surface area contributed by atoms with E-state index in [1.807, 2.05) is 27.7 Å². The summed E-state index contributed by atoms with van der Waals surface area (Å²) >= 11 is 0. The zero-order valence-corrected chi connectivity index (χ0v) is 15.3. The van der Waals surface area contributed by atoms with Crippen molar-refractivity contribution in [3.63, 3.8) is 0 Å². The van der Waals surface area contributed by atoms with E-state index < -0.39 is 13.1 Å². The number of allylic oxidation sites excluding steroid dienone is 1. The van der Waals surface area contributed by atoms with Crippen LogP contribution >= 0.6 is 0 Å². The van der Waals surface area contributed by atoms with E-state index in [0.29, 0.717) is 24.2 Å². The lowest BCUT2D eigenvalue weighted by Gasteiger charge is -2.07. The van der Waals surface area contributed by atoms with Gasteiger partial charge in [0.1, 0.15) is 0 Å². The van der Waals surface area contributed by atoms with E-state index in [0.717, 1.165) is 41.2 Å². The number of rotatable bonds is 8. The summed E-state index contributed by atoms with van der Waals surface area (Å²) in [5, 5.41) is 0. The minimum Gasteiger partial charge on any atom is -0.361 e. The van der Waals surface area contributed by atoms with E-state index in [9.17, 15) is 13.4 Å². The van der Waals surface area contributed by atoms with Crippen molar-refractivity contribution in [2.45, 2.75) is 53.4 Å². The van der Waals surface area contributed by atoms with Crippen molar-refractivity contribution >= 4 is 18.5 Å². The van der Waals surface area contributed by atoms with Gasteiger partial charge in [0.25, 0.3) is 0 Å². The SMILES string of the molecule is CCc1c[nH]c(C(=O)/C=C(\B(F)F)c2[nH]cc(CC)c2CC)c1CC. The third-order valence-electron chi connectivity index (χ3n) is 4.69. The Morgan fingerprint density at radius 1 is 0.920 bits per heavy atom. The van der Waals surface area contributed by atoms with E-state index in [1.54, 1.807) is 12.4 Å². The smallest absolute Gasteiger partial charge is 0.361 e. The fourth-order valence-electron chi connectivity index (χ4n) is 3.36. The lowest BCUT2D eigenvalue weighted by molar-refractivity contribution is 0.104. The lowest BCUT2D eigenvalue weighted by atomic mass is 9.79. The maximum Gasteiger partial charge on any atom is 0.574 e. The molecular weight excluding hydrogens is 321 g/mol. The van der Waals surface area contributed by atoms with Gasteiger partial charge in [-0.05, 0) is 54.0 Å². The molecule has 0 radical (unpaired) electrons. The minimum atomic E-state index is -2.72. The predicted octanol–water partition coefficient (Wildman–Crippen LogP) is 4.83. The molecule has 0 aliphatic carbocycles. The molecule has 0 unspecified atom stereocenters. The number of nitrogens with one attached hydrogen (secondary N) is 2. The van der Waals surface area contributed by atoms with Crippen LogP contribution in [0.2, 0.25) is 0 Å². The van der Waals surface area contributed by atoms with Gasteiger partial charge in [-0.25, -0.2) is 0 Å². The first-order chi connectivity index (χ1) is 12.0. The van der Waals surface area contributed by atoms with Gasteiger partial charge in [0, 0.05) is 23.6 Å². The Balaban J connectivity index is 2.49. The molecule has 0 fully saturated rings. The molecule has 0 spiro atoms. The van der Waals surface area contributed by atoms with Crippen LogP contribution < -0.4 is 0 Å². The number of aryl methyl sites for hydroxylation is 2. The lowest BCUT2D eigenvalue weighted by Crippen LogP contribution is -2.09. The van der Waals surface area contributed by atoms with E-state index >= 15 is 0 Å². The zero-order valence-electron chi connectivity index (χ0n) is 15.3. The van der Waals surface area contributed by atoms with Gasteiger partial charge in [0.15, 0.2) is 0 Å². The van der Waals surface area contributed by atoms with Crippen LogP contribution in [0.1, 0.15) is 66.1 Å². The summed E-state index contributed by atoms with van der Waals surface area (Å²) in [5.41, 5.74) is 4.39. The molecule has 0 bridgehead atoms. The molecule has 2 N–H and O–H groups in total. The van der Waals surface area contributed by atoms with Gasteiger partial charge in [-0.2, -0.15) is 0 Å². The number of hydrogen-bond donors (Lipinski definition) is 2. The van der Waals surface area contributed by atoms with Gasteiger partial charge in [0.2, 0.25) is 5.78 Å². The Morgan fingerprint density at radius 3 is 1.84 bits per heavy atom. The second-order valence-electron chi connectivity index (χ2n) is 6.01. The summed E-state index contributed by atoms with van der Waals surface area (Å²) in [6.45, 7) is 7.90. The Morgan fingerprint density at radius 2 is 1.40 bits per heavy atom. The number of aromatic nitrogens is 2. The third-order valence-corrected chi connectivity index (χ3v) is 4.69. The highest BCUT2D eigenvalue weighted by Crippen LogP contribution is 2.27. The largest absolute Gasteiger partial charge is 0.574 e. The summed E-state index contributed by atoms with van der Waals surface area (Å²) in [4.78, 5) is 18.6. The second kappa shape index (κ2) is 8.32. The maximum absolute atomic E-state index is 13.7. The molecule has 0 atom stereocenters. The molecular formula is C19H25BF2N2O. The molecule has 25 heavy (non-hydrogen) atoms. The van der Waals surface area contributed by atoms with Crippen molar-refractivity contribution in [1.29, 1.82) is 0 Å². The second-order valence-corrected chi connectivity index (χ2v) is 6.01. The number of H-pyrrole nitrogens is 2. The average Bonchev–Trinajstić information content (AvgIpc) is 3.21. The van der Waals surface area contributed by atoms with Gasteiger partial charge in [-0.15, -0.1) is 0 Å². The topological polar surface area (TPSA) is 48.6 Å². The summed E-state index contributed by atoms with van der Waals surface area (Å²) in [6.07, 6.45) is 7.53. The first-order valence-electron chi connectivity index (χ1n) is 8.90. The maximum atomic E-state index is 13.7. The summed E-state index contributed by atoms with van der Waals surface area (Å²) in [7, 11) is -2.72. The minimum absolute atomic E-state index is 0.240. The van der Waals surface area contributed by atoms with Crippen LogP contribution in [0.5, 0.6) is 0 Å². The van der Waals surface area contributed by atoms with E-state index in [1.165, 1.54) is 0 Å². The summed E-state index contributed by atoms with van der Waals surface area (Å²) < 4.78 is 27.4. The fraction of sp³-hybridized carbons (Fsp3) is 0.421. The quantitative estimate of drug-likeness (QED) is 0.402. The first kappa shape index (κ1) is 19.2. The molecule has 134 valence electrons. The number of carbonyl (C=O) groups is 1. The molecule has 0 aromatic carbocycles. The van der Waals surface area contributed by atoms with Crippen LogP contribution in [-0.4, -0.2) is 23.0 Å². The van der Waals surface area contributed by atoms with Crippen molar-refractivity contribution < 1.29 is 13.4 Å². The van der Waals surface area contributed by atoms with Crippen LogP contribution in [0.15, 0.2) is 18.5 Å². The first-order valence-corrected chi connectivity index (χ1v) is 8.90. The van der Waals surface area contributed by atoms with Gasteiger partial charge in [0.05, 0.1) is 5.69 Å². The monoisotopic (exact) mass is 346 g/mol. The summed E-state index contributed by atoms with van der Waals surface area (Å²) in [6, 6.07) is 0. The van der Waals surface area contributed by atoms with Crippen LogP contribution in [0.4, 0.5) is 8.63 Å². The molecule has 0 saturated heterocycles. The highest BCUT2D eigenvalue weighted by Gasteiger charge is 2.27. The number of halogens is 2. The number of hydrogen-bond acceptors (Lipinski definition) is 1. The number of aromatic amines is 2. The van der Waals surface area contributed by atoms with Crippen molar-refractivity contribution in [1.82, 2.24) is 9.97 Å². The normalized spacial score (nSPS) is 11.8. The number of carbonyl (C=O) groups excluding carboxylic acids is 1. The highest BCUT2D eigenvalue weighted by atomic mass is 19.2. The van der Waals surface area contributed by atoms with Crippen molar-refractivity contribution in [2.24, 2.45) is 0 Å². The standard InChI is InChI=1S/C19H25BF2N2O/c1-5-12-10-23-18(14(12)7-3)16(20(21)22)9-17(25)19-15(8-4)13(6-2)11-24-19/h9-11,23-24H,5-8H2,1-4H3/b16-9-. The van der Waals surface area contributed by atoms with E-state index in [-0.39, 0.29) is 5.47 Å². The van der Waals surface area contributed by atoms with Gasteiger partial charge in [-0.3, -0.25) is 13.4 Å². The molecule has 2 aromatic rings. The van der Waals surface area contributed by atoms with E-state index in [4.69, 9.17) is 0 Å². The molecule has 2 heterocycles. The van der Waals surface area contributed by atoms with Crippen LogP contribution in [-0.2, 0) is 25.7 Å². The molecule has 3 nitrogen and oxygen atoms in total. The Bertz CT molecular complexity index is 774. The van der Waals surface area contributed by atoms with Crippen LogP contribution in [0.3, 0.4) is 0 Å². The van der Waals surface area contributed by atoms with Crippen LogP contribution in [0.25, 0.3) is 5.47 Å². The van der Waals surface area contributed by atoms with Crippen LogP contribution in [0, 0.1) is 0 Å². The molecule has 0 saturated carbocycles. The van der Waals surface area contributed by atoms with Crippen molar-refractivity contribution in [3.8, 4) is 0 Å². The molecule has 0 aliphatic rings. The van der Waals surface area contributed by atoms with Crippen molar-refractivity contribution in [2.75, 3.05) is 0 Å². The Labute approximate surface area is 148 Å². The summed E-state index contributed by atoms with van der Waals surface area (Å²) in [5.74, 6) is -0.401. The van der Waals surface area contributed by atoms with Crippen molar-refractivity contribution in [3.05, 3.63) is 52.1 Å². The molecule has 2 rings (SSSR count). The highest BCUT2D eigenvalue weighted by molar-refractivity contribution is 6.67. The van der Waals surface area contributed by atoms with Gasteiger partial charge >= 0.3 is 7.27 Å². The Hall–Kier alpha value is -2.11. The molecule has 0 amide bonds. The van der Waals surface area contributed by atoms with Gasteiger partial charge < -0.3 is 9.97 Å². The predicted molar refractivity (Wildman–Crippen MR) is 99.4 cm³/mol. The fourth-order valence-corrected chi connectivity index (χ4v) is 3.36. The molecule has 6 heteroatoms. The Kier molecular flexibility index (Phi) is 6.40. The van der Waals surface area contributed by atoms with Gasteiger partial charge in [-0.1, -0.05) is 27.7 Å².